The van der Waals surface area contributed by atoms with E-state index >= 15 is 0 Å². The van der Waals surface area contributed by atoms with Crippen molar-refractivity contribution in [3.63, 3.8) is 0 Å². The highest BCUT2D eigenvalue weighted by Crippen LogP contribution is 2.13. The largest absolute Gasteiger partial charge is 0.384 e. The number of nitrogens with one attached hydrogen (secondary N) is 3. The number of rotatable bonds is 7. The van der Waals surface area contributed by atoms with E-state index in [9.17, 15) is 18.4 Å². The van der Waals surface area contributed by atoms with Crippen LogP contribution in [-0.4, -0.2) is 27.8 Å². The number of aryl methyl sites for hydroxylation is 2. The van der Waals surface area contributed by atoms with Gasteiger partial charge in [-0.3, -0.25) is 9.59 Å². The first-order chi connectivity index (χ1) is 14.7. The molecule has 0 aliphatic rings. The van der Waals surface area contributed by atoms with Crippen LogP contribution in [0.1, 0.15) is 32.9 Å². The molecule has 3 rings (SSSR count). The van der Waals surface area contributed by atoms with Crippen LogP contribution in [0, 0.1) is 25.5 Å². The summed E-state index contributed by atoms with van der Waals surface area (Å²) in [6, 6.07) is 7.50. The lowest BCUT2D eigenvalue weighted by Gasteiger charge is -2.19. The molecule has 2 heterocycles. The number of pyridine rings is 1. The molecule has 1 atom stereocenters. The lowest BCUT2D eigenvalue weighted by atomic mass is 10.0. The van der Waals surface area contributed by atoms with Gasteiger partial charge >= 0.3 is 0 Å². The van der Waals surface area contributed by atoms with Gasteiger partial charge in [0.1, 0.15) is 17.6 Å². The number of hydrogen-bond acceptors (Lipinski definition) is 4. The molecular weight excluding hydrogens is 404 g/mol. The molecule has 0 radical (unpaired) electrons. The van der Waals surface area contributed by atoms with Crippen LogP contribution in [0.5, 0.6) is 0 Å². The zero-order valence-corrected chi connectivity index (χ0v) is 17.1. The van der Waals surface area contributed by atoms with Crippen molar-refractivity contribution in [2.75, 3.05) is 5.73 Å². The van der Waals surface area contributed by atoms with Crippen molar-refractivity contribution in [3.05, 3.63) is 82.3 Å². The van der Waals surface area contributed by atoms with Crippen molar-refractivity contribution in [2.45, 2.75) is 32.9 Å². The molecule has 1 aromatic carbocycles. The standard InChI is InChI=1S/C22H23F2N5O2/c1-12-7-13(2)28-20(12)22(31)29-18(9-14-3-5-16(23)17(24)8-14)21(30)27-11-15-4-6-19(25)26-10-15/h3-8,10,18,28H,9,11H2,1-2H3,(H2,25,26)(H,27,30)(H,29,31)/t18-/m0/s1. The van der Waals surface area contributed by atoms with E-state index in [0.29, 0.717) is 17.1 Å². The van der Waals surface area contributed by atoms with Gasteiger partial charge < -0.3 is 21.4 Å². The predicted molar refractivity (Wildman–Crippen MR) is 112 cm³/mol. The van der Waals surface area contributed by atoms with Crippen molar-refractivity contribution < 1.29 is 18.4 Å². The Morgan fingerprint density at radius 1 is 1.10 bits per heavy atom. The Kier molecular flexibility index (Phi) is 6.64. The summed E-state index contributed by atoms with van der Waals surface area (Å²) in [4.78, 5) is 32.5. The van der Waals surface area contributed by atoms with Crippen molar-refractivity contribution in [2.24, 2.45) is 0 Å². The molecule has 9 heteroatoms. The number of aromatic nitrogens is 2. The third-order valence-electron chi connectivity index (χ3n) is 4.74. The number of amides is 2. The number of nitrogens with two attached hydrogens (primary N) is 1. The number of nitrogen functional groups attached to an aromatic ring is 1. The summed E-state index contributed by atoms with van der Waals surface area (Å²) in [6.07, 6.45) is 1.51. The molecule has 0 unspecified atom stereocenters. The van der Waals surface area contributed by atoms with E-state index in [4.69, 9.17) is 5.73 Å². The molecule has 3 aromatic rings. The third kappa shape index (κ3) is 5.65. The minimum Gasteiger partial charge on any atom is -0.384 e. The fourth-order valence-corrected chi connectivity index (χ4v) is 3.16. The monoisotopic (exact) mass is 427 g/mol. The van der Waals surface area contributed by atoms with E-state index in [1.165, 1.54) is 12.3 Å². The van der Waals surface area contributed by atoms with Gasteiger partial charge in [-0.25, -0.2) is 13.8 Å². The first kappa shape index (κ1) is 21.9. The summed E-state index contributed by atoms with van der Waals surface area (Å²) >= 11 is 0. The molecule has 31 heavy (non-hydrogen) atoms. The molecule has 0 bridgehead atoms. The zero-order chi connectivity index (χ0) is 22.5. The fraction of sp³-hybridized carbons (Fsp3) is 0.227. The van der Waals surface area contributed by atoms with E-state index in [1.54, 1.807) is 19.1 Å². The summed E-state index contributed by atoms with van der Waals surface area (Å²) in [5.74, 6) is -2.60. The second-order valence-corrected chi connectivity index (χ2v) is 7.30. The van der Waals surface area contributed by atoms with E-state index in [1.807, 2.05) is 13.0 Å². The molecule has 2 aromatic heterocycles. The van der Waals surface area contributed by atoms with E-state index in [2.05, 4.69) is 20.6 Å². The van der Waals surface area contributed by atoms with E-state index < -0.39 is 29.5 Å². The molecule has 0 aliphatic heterocycles. The summed E-state index contributed by atoms with van der Waals surface area (Å²) < 4.78 is 26.9. The number of carbonyl (C=O) groups excluding carboxylic acids is 2. The molecule has 0 spiro atoms. The van der Waals surface area contributed by atoms with Gasteiger partial charge in [0.05, 0.1) is 0 Å². The van der Waals surface area contributed by atoms with Crippen LogP contribution in [-0.2, 0) is 17.8 Å². The highest BCUT2D eigenvalue weighted by atomic mass is 19.2. The van der Waals surface area contributed by atoms with Gasteiger partial charge in [-0.05, 0) is 54.8 Å². The van der Waals surface area contributed by atoms with E-state index in [0.717, 1.165) is 29.0 Å². The van der Waals surface area contributed by atoms with Crippen LogP contribution in [0.15, 0.2) is 42.6 Å². The van der Waals surface area contributed by atoms with Gasteiger partial charge in [0.25, 0.3) is 5.91 Å². The topological polar surface area (TPSA) is 113 Å². The quantitative estimate of drug-likeness (QED) is 0.464. The molecular formula is C22H23F2N5O2. The minimum atomic E-state index is -1.02. The molecule has 162 valence electrons. The highest BCUT2D eigenvalue weighted by molar-refractivity contribution is 5.97. The highest BCUT2D eigenvalue weighted by Gasteiger charge is 2.24. The zero-order valence-electron chi connectivity index (χ0n) is 17.1. The van der Waals surface area contributed by atoms with Crippen LogP contribution in [0.25, 0.3) is 0 Å². The van der Waals surface area contributed by atoms with E-state index in [-0.39, 0.29) is 13.0 Å². The number of benzene rings is 1. The Morgan fingerprint density at radius 2 is 1.84 bits per heavy atom. The van der Waals surface area contributed by atoms with Crippen molar-refractivity contribution >= 4 is 17.6 Å². The Bertz CT molecular complexity index is 1100. The molecule has 0 aliphatic carbocycles. The molecule has 0 fully saturated rings. The predicted octanol–water partition coefficient (Wildman–Crippen LogP) is 2.54. The number of carbonyl (C=O) groups is 2. The number of nitrogens with zero attached hydrogens (tertiary/aromatic N) is 1. The minimum absolute atomic E-state index is 0.0203. The first-order valence-corrected chi connectivity index (χ1v) is 9.62. The van der Waals surface area contributed by atoms with Crippen molar-refractivity contribution in [1.29, 1.82) is 0 Å². The summed E-state index contributed by atoms with van der Waals surface area (Å²) in [6.45, 7) is 3.75. The Balaban J connectivity index is 1.77. The van der Waals surface area contributed by atoms with Crippen molar-refractivity contribution in [3.8, 4) is 0 Å². The normalized spacial score (nSPS) is 11.7. The Morgan fingerprint density at radius 3 is 2.45 bits per heavy atom. The SMILES string of the molecule is Cc1cc(C)c(C(=O)N[C@@H](Cc2ccc(F)c(F)c2)C(=O)NCc2ccc(N)nc2)[nH]1. The summed E-state index contributed by atoms with van der Waals surface area (Å²) in [7, 11) is 0. The maximum atomic E-state index is 13.6. The second kappa shape index (κ2) is 9.38. The molecule has 0 saturated carbocycles. The summed E-state index contributed by atoms with van der Waals surface area (Å²) in [5, 5.41) is 5.41. The van der Waals surface area contributed by atoms with Gasteiger partial charge in [-0.1, -0.05) is 12.1 Å². The summed E-state index contributed by atoms with van der Waals surface area (Å²) in [5.41, 5.74) is 8.52. The average Bonchev–Trinajstić information content (AvgIpc) is 3.07. The number of hydrogen-bond donors (Lipinski definition) is 4. The van der Waals surface area contributed by atoms with Crippen LogP contribution in [0.3, 0.4) is 0 Å². The number of aromatic amines is 1. The molecule has 0 saturated heterocycles. The van der Waals surface area contributed by atoms with Crippen LogP contribution in [0.2, 0.25) is 0 Å². The van der Waals surface area contributed by atoms with Gasteiger partial charge in [0.2, 0.25) is 5.91 Å². The Hall–Kier alpha value is -3.75. The molecule has 7 nitrogen and oxygen atoms in total. The number of anilines is 1. The third-order valence-corrected chi connectivity index (χ3v) is 4.74. The first-order valence-electron chi connectivity index (χ1n) is 9.62. The number of halogens is 2. The maximum Gasteiger partial charge on any atom is 0.268 e. The number of H-pyrrole nitrogens is 1. The van der Waals surface area contributed by atoms with Crippen LogP contribution >= 0.6 is 0 Å². The van der Waals surface area contributed by atoms with Crippen LogP contribution in [0.4, 0.5) is 14.6 Å². The van der Waals surface area contributed by atoms with Gasteiger partial charge in [-0.15, -0.1) is 0 Å². The Labute approximate surface area is 178 Å². The smallest absolute Gasteiger partial charge is 0.268 e. The maximum absolute atomic E-state index is 13.6. The second-order valence-electron chi connectivity index (χ2n) is 7.30. The van der Waals surface area contributed by atoms with Crippen LogP contribution < -0.4 is 16.4 Å². The fourth-order valence-electron chi connectivity index (χ4n) is 3.16. The molecule has 2 amide bonds. The average molecular weight is 427 g/mol. The van der Waals surface area contributed by atoms with Gasteiger partial charge in [0, 0.05) is 24.9 Å². The van der Waals surface area contributed by atoms with Crippen molar-refractivity contribution in [1.82, 2.24) is 20.6 Å². The van der Waals surface area contributed by atoms with Gasteiger partial charge in [-0.2, -0.15) is 0 Å². The molecule has 5 N–H and O–H groups in total. The lowest BCUT2D eigenvalue weighted by Crippen LogP contribution is -2.48. The van der Waals surface area contributed by atoms with Gasteiger partial charge in [0.15, 0.2) is 11.6 Å². The lowest BCUT2D eigenvalue weighted by molar-refractivity contribution is -0.123.